The first-order valence-corrected chi connectivity index (χ1v) is 14.7. The van der Waals surface area contributed by atoms with Gasteiger partial charge in [0, 0.05) is 0 Å². The van der Waals surface area contributed by atoms with Gasteiger partial charge in [0.05, 0.1) is 22.8 Å². The standard InChI is InChI=1S/C31H26F4N6O3S/c1-3-4-21-8-5-19(2)15-26(21)41-28(42)17-45-30(41)38-29(43)37-25-13-6-20(16-24(25)32)7-14-27-36-18-40(39-27)22-9-11-23(12-10-22)44-31(33,34)35/h5-16,18H,3-4,17H2,1-2H3,(H,37,43)/b14-7+,38-30-. The van der Waals surface area contributed by atoms with Crippen molar-refractivity contribution in [1.82, 2.24) is 14.8 Å². The SMILES string of the molecule is CCCc1ccc(C)cc1N1C(=O)CS/C1=N\C(=O)Nc1ccc(/C=C/c2ncn(-c3ccc(OC(F)(F)F)cc3)n2)cc1F. The number of alkyl halides is 3. The van der Waals surface area contributed by atoms with Crippen LogP contribution in [0.5, 0.6) is 5.75 Å². The van der Waals surface area contributed by atoms with E-state index < -0.39 is 18.2 Å². The van der Waals surface area contributed by atoms with Crippen molar-refractivity contribution in [2.24, 2.45) is 4.99 Å². The molecular formula is C31H26F4N6O3S. The Hall–Kier alpha value is -4.98. The second-order valence-corrected chi connectivity index (χ2v) is 10.8. The predicted octanol–water partition coefficient (Wildman–Crippen LogP) is 7.40. The Kier molecular flexibility index (Phi) is 9.32. The zero-order valence-corrected chi connectivity index (χ0v) is 24.8. The van der Waals surface area contributed by atoms with Gasteiger partial charge in [0.15, 0.2) is 11.0 Å². The van der Waals surface area contributed by atoms with Gasteiger partial charge in [-0.3, -0.25) is 9.69 Å². The molecule has 1 aromatic heterocycles. The van der Waals surface area contributed by atoms with Crippen LogP contribution in [-0.4, -0.2) is 44.0 Å². The van der Waals surface area contributed by atoms with Crippen LogP contribution in [0.2, 0.25) is 0 Å². The van der Waals surface area contributed by atoms with Crippen molar-refractivity contribution in [3.8, 4) is 11.4 Å². The van der Waals surface area contributed by atoms with E-state index in [1.807, 2.05) is 32.0 Å². The quantitative estimate of drug-likeness (QED) is 0.202. The van der Waals surface area contributed by atoms with Crippen molar-refractivity contribution in [2.45, 2.75) is 33.1 Å². The Labute approximate surface area is 259 Å². The Bertz CT molecular complexity index is 1790. The fourth-order valence-electron chi connectivity index (χ4n) is 4.46. The van der Waals surface area contributed by atoms with E-state index in [0.29, 0.717) is 16.9 Å². The number of urea groups is 1. The van der Waals surface area contributed by atoms with Crippen molar-refractivity contribution in [2.75, 3.05) is 16.0 Å². The van der Waals surface area contributed by atoms with Gasteiger partial charge in [0.25, 0.3) is 0 Å². The second kappa shape index (κ2) is 13.3. The minimum atomic E-state index is -4.79. The lowest BCUT2D eigenvalue weighted by Gasteiger charge is -2.20. The summed E-state index contributed by atoms with van der Waals surface area (Å²) in [6, 6.07) is 14.3. The molecule has 5 rings (SSSR count). The summed E-state index contributed by atoms with van der Waals surface area (Å²) in [6.45, 7) is 3.96. The molecule has 1 aliphatic heterocycles. The van der Waals surface area contributed by atoms with Gasteiger partial charge < -0.3 is 10.1 Å². The van der Waals surface area contributed by atoms with Gasteiger partial charge in [-0.2, -0.15) is 4.99 Å². The number of rotatable bonds is 8. The molecule has 1 N–H and O–H groups in total. The minimum Gasteiger partial charge on any atom is -0.406 e. The first kappa shape index (κ1) is 31.4. The highest BCUT2D eigenvalue weighted by Crippen LogP contribution is 2.32. The first-order chi connectivity index (χ1) is 21.5. The molecule has 1 fully saturated rings. The molecule has 0 radical (unpaired) electrons. The molecule has 0 saturated carbocycles. The molecule has 9 nitrogen and oxygen atoms in total. The average molecular weight is 639 g/mol. The van der Waals surface area contributed by atoms with Crippen molar-refractivity contribution >= 4 is 52.4 Å². The number of carbonyl (C=O) groups excluding carboxylic acids is 2. The number of benzene rings is 3. The molecule has 3 aromatic carbocycles. The number of halogens is 4. The number of hydrogen-bond acceptors (Lipinski definition) is 6. The van der Waals surface area contributed by atoms with Crippen LogP contribution in [-0.2, 0) is 11.2 Å². The zero-order valence-electron chi connectivity index (χ0n) is 24.0. The summed E-state index contributed by atoms with van der Waals surface area (Å²) in [4.78, 5) is 35.2. The largest absolute Gasteiger partial charge is 0.573 e. The highest BCUT2D eigenvalue weighted by atomic mass is 32.2. The number of amides is 3. The molecule has 2 heterocycles. The summed E-state index contributed by atoms with van der Waals surface area (Å²) in [5.74, 6) is -0.857. The van der Waals surface area contributed by atoms with Crippen molar-refractivity contribution in [3.05, 3.63) is 95.3 Å². The monoisotopic (exact) mass is 638 g/mol. The molecule has 14 heteroatoms. The van der Waals surface area contributed by atoms with Crippen LogP contribution >= 0.6 is 11.8 Å². The molecule has 0 bridgehead atoms. The predicted molar refractivity (Wildman–Crippen MR) is 165 cm³/mol. The number of amidine groups is 1. The number of thioether (sulfide) groups is 1. The smallest absolute Gasteiger partial charge is 0.406 e. The van der Waals surface area contributed by atoms with Crippen LogP contribution in [0.4, 0.5) is 33.7 Å². The maximum atomic E-state index is 14.9. The van der Waals surface area contributed by atoms with Crippen LogP contribution in [0, 0.1) is 12.7 Å². The third-order valence-electron chi connectivity index (χ3n) is 6.47. The van der Waals surface area contributed by atoms with Gasteiger partial charge >= 0.3 is 12.4 Å². The molecule has 232 valence electrons. The molecule has 4 aromatic rings. The third-order valence-corrected chi connectivity index (χ3v) is 7.39. The number of hydrogen-bond donors (Lipinski definition) is 1. The van der Waals surface area contributed by atoms with Crippen molar-refractivity contribution < 1.29 is 31.9 Å². The van der Waals surface area contributed by atoms with E-state index in [2.05, 4.69) is 25.1 Å². The molecule has 0 aliphatic carbocycles. The topological polar surface area (TPSA) is 102 Å². The van der Waals surface area contributed by atoms with E-state index >= 15 is 0 Å². The zero-order chi connectivity index (χ0) is 32.1. The van der Waals surface area contributed by atoms with Crippen LogP contribution < -0.4 is 15.0 Å². The summed E-state index contributed by atoms with van der Waals surface area (Å²) in [5, 5.41) is 6.90. The molecule has 1 saturated heterocycles. The average Bonchev–Trinajstić information content (AvgIpc) is 3.60. The van der Waals surface area contributed by atoms with Gasteiger partial charge in [-0.05, 0) is 78.6 Å². The van der Waals surface area contributed by atoms with E-state index in [0.717, 1.165) is 47.9 Å². The highest BCUT2D eigenvalue weighted by Gasteiger charge is 2.32. The van der Waals surface area contributed by atoms with E-state index in [-0.39, 0.29) is 34.1 Å². The number of carbonyl (C=O) groups is 2. The maximum Gasteiger partial charge on any atom is 0.573 e. The van der Waals surface area contributed by atoms with E-state index in [9.17, 15) is 27.2 Å². The van der Waals surface area contributed by atoms with Gasteiger partial charge in [-0.15, -0.1) is 18.3 Å². The van der Waals surface area contributed by atoms with Crippen LogP contribution in [0.15, 0.2) is 72.0 Å². The van der Waals surface area contributed by atoms with E-state index in [1.165, 1.54) is 46.3 Å². The third kappa shape index (κ3) is 7.95. The number of nitrogens with zero attached hydrogens (tertiary/aromatic N) is 5. The number of aryl methyl sites for hydroxylation is 2. The number of ether oxygens (including phenoxy) is 1. The van der Waals surface area contributed by atoms with Crippen molar-refractivity contribution in [3.63, 3.8) is 0 Å². The summed E-state index contributed by atoms with van der Waals surface area (Å²) in [5.41, 5.74) is 3.44. The van der Waals surface area contributed by atoms with Gasteiger partial charge in [0.2, 0.25) is 5.91 Å². The fraction of sp³-hybridized carbons (Fsp3) is 0.194. The lowest BCUT2D eigenvalue weighted by Crippen LogP contribution is -2.31. The van der Waals surface area contributed by atoms with Gasteiger partial charge in [0.1, 0.15) is 17.9 Å². The molecular weight excluding hydrogens is 612 g/mol. The molecule has 0 atom stereocenters. The van der Waals surface area contributed by atoms with Crippen molar-refractivity contribution in [1.29, 1.82) is 0 Å². The summed E-state index contributed by atoms with van der Waals surface area (Å²) in [7, 11) is 0. The number of anilines is 2. The molecule has 45 heavy (non-hydrogen) atoms. The lowest BCUT2D eigenvalue weighted by molar-refractivity contribution is -0.274. The van der Waals surface area contributed by atoms with Crippen LogP contribution in [0.1, 0.15) is 35.9 Å². The minimum absolute atomic E-state index is 0.0926. The summed E-state index contributed by atoms with van der Waals surface area (Å²) >= 11 is 1.14. The lowest BCUT2D eigenvalue weighted by atomic mass is 10.0. The second-order valence-electron chi connectivity index (χ2n) is 9.89. The fourth-order valence-corrected chi connectivity index (χ4v) is 5.32. The number of nitrogens with one attached hydrogen (secondary N) is 1. The van der Waals surface area contributed by atoms with Gasteiger partial charge in [-0.1, -0.05) is 49.4 Å². The Morgan fingerprint density at radius 3 is 2.60 bits per heavy atom. The molecule has 0 unspecified atom stereocenters. The molecule has 1 aliphatic rings. The Balaban J connectivity index is 1.25. The summed E-state index contributed by atoms with van der Waals surface area (Å²) in [6.07, 6.45) is 1.31. The normalized spacial score (nSPS) is 14.5. The molecule has 3 amide bonds. The number of aliphatic imine (C=N–C) groups is 1. The van der Waals surface area contributed by atoms with E-state index in [4.69, 9.17) is 0 Å². The maximum absolute atomic E-state index is 14.9. The Morgan fingerprint density at radius 2 is 1.89 bits per heavy atom. The summed E-state index contributed by atoms with van der Waals surface area (Å²) < 4.78 is 57.3. The number of aromatic nitrogens is 3. The van der Waals surface area contributed by atoms with Crippen LogP contribution in [0.3, 0.4) is 0 Å². The highest BCUT2D eigenvalue weighted by molar-refractivity contribution is 8.15. The first-order valence-electron chi connectivity index (χ1n) is 13.7. The van der Waals surface area contributed by atoms with Gasteiger partial charge in [-0.25, -0.2) is 18.9 Å². The molecule has 0 spiro atoms. The Morgan fingerprint density at radius 1 is 1.11 bits per heavy atom. The van der Waals surface area contributed by atoms with E-state index in [1.54, 1.807) is 12.1 Å². The van der Waals surface area contributed by atoms with Crippen LogP contribution in [0.25, 0.3) is 17.8 Å².